The van der Waals surface area contributed by atoms with Crippen molar-refractivity contribution < 1.29 is 19.0 Å². The van der Waals surface area contributed by atoms with Gasteiger partial charge < -0.3 is 19.1 Å². The van der Waals surface area contributed by atoms with Gasteiger partial charge in [-0.2, -0.15) is 0 Å². The number of ketones is 1. The summed E-state index contributed by atoms with van der Waals surface area (Å²) in [5.74, 6) is 0.805. The van der Waals surface area contributed by atoms with Gasteiger partial charge >= 0.3 is 0 Å². The van der Waals surface area contributed by atoms with E-state index in [4.69, 9.17) is 14.2 Å². The molecule has 2 rings (SSSR count). The Labute approximate surface area is 168 Å². The van der Waals surface area contributed by atoms with Crippen molar-refractivity contribution >= 4 is 11.5 Å². The lowest BCUT2D eigenvalue weighted by Crippen LogP contribution is -2.30. The molecule has 0 radical (unpaired) electrons. The maximum absolute atomic E-state index is 12.7. The summed E-state index contributed by atoms with van der Waals surface area (Å²) in [6.07, 6.45) is 2.12. The third-order valence-electron chi connectivity index (χ3n) is 4.51. The number of ether oxygens (including phenoxy) is 3. The molecule has 5 nitrogen and oxygen atoms in total. The van der Waals surface area contributed by atoms with Gasteiger partial charge in [0.05, 0.1) is 19.8 Å². The zero-order valence-corrected chi connectivity index (χ0v) is 17.1. The average Bonchev–Trinajstić information content (AvgIpc) is 2.74. The predicted molar refractivity (Wildman–Crippen MR) is 113 cm³/mol. The molecule has 0 saturated carbocycles. The van der Waals surface area contributed by atoms with Crippen LogP contribution in [0.15, 0.2) is 48.5 Å². The number of carbonyl (C=O) groups is 1. The monoisotopic (exact) mass is 385 g/mol. The van der Waals surface area contributed by atoms with Crippen LogP contribution in [0.3, 0.4) is 0 Å². The first-order chi connectivity index (χ1) is 13.7. The van der Waals surface area contributed by atoms with Crippen LogP contribution in [0.2, 0.25) is 0 Å². The molecule has 0 bridgehead atoms. The lowest BCUT2D eigenvalue weighted by atomic mass is 10.0. The van der Waals surface area contributed by atoms with Crippen molar-refractivity contribution in [1.29, 1.82) is 0 Å². The van der Waals surface area contributed by atoms with E-state index in [0.717, 1.165) is 37.4 Å². The van der Waals surface area contributed by atoms with E-state index >= 15 is 0 Å². The van der Waals surface area contributed by atoms with Crippen molar-refractivity contribution in [2.45, 2.75) is 19.8 Å². The molecule has 2 aromatic carbocycles. The summed E-state index contributed by atoms with van der Waals surface area (Å²) in [5.41, 5.74) is 2.37. The number of anilines is 1. The van der Waals surface area contributed by atoms with Gasteiger partial charge in [-0.15, -0.1) is 0 Å². The van der Waals surface area contributed by atoms with Crippen molar-refractivity contribution in [3.63, 3.8) is 0 Å². The van der Waals surface area contributed by atoms with E-state index in [1.54, 1.807) is 14.2 Å². The SMILES string of the molecule is CCCCOc1ccc(C(=O)c2ccc(N(CCOC)CCOC)cc2)cc1. The predicted octanol–water partition coefficient (Wildman–Crippen LogP) is 4.20. The van der Waals surface area contributed by atoms with E-state index < -0.39 is 0 Å². The van der Waals surface area contributed by atoms with Gasteiger partial charge in [0, 0.05) is 44.1 Å². The Morgan fingerprint density at radius 1 is 0.821 bits per heavy atom. The highest BCUT2D eigenvalue weighted by molar-refractivity contribution is 6.09. The molecule has 0 saturated heterocycles. The van der Waals surface area contributed by atoms with Crippen LogP contribution >= 0.6 is 0 Å². The number of methoxy groups -OCH3 is 2. The summed E-state index contributed by atoms with van der Waals surface area (Å²) in [4.78, 5) is 14.9. The Balaban J connectivity index is 2.03. The van der Waals surface area contributed by atoms with Crippen LogP contribution in [0.1, 0.15) is 35.7 Å². The van der Waals surface area contributed by atoms with Gasteiger partial charge in [0.1, 0.15) is 5.75 Å². The minimum atomic E-state index is 0.00647. The highest BCUT2D eigenvalue weighted by Gasteiger charge is 2.11. The third kappa shape index (κ3) is 6.66. The summed E-state index contributed by atoms with van der Waals surface area (Å²) in [6, 6.07) is 15.0. The first kappa shape index (κ1) is 21.9. The van der Waals surface area contributed by atoms with Crippen LogP contribution in [0, 0.1) is 0 Å². The fraction of sp³-hybridized carbons (Fsp3) is 0.435. The molecule has 0 unspecified atom stereocenters. The van der Waals surface area contributed by atoms with Crippen molar-refractivity contribution in [1.82, 2.24) is 0 Å². The van der Waals surface area contributed by atoms with Gasteiger partial charge in [0.15, 0.2) is 5.78 Å². The maximum Gasteiger partial charge on any atom is 0.193 e. The second-order valence-electron chi connectivity index (χ2n) is 6.58. The number of benzene rings is 2. The summed E-state index contributed by atoms with van der Waals surface area (Å²) in [7, 11) is 3.38. The van der Waals surface area contributed by atoms with E-state index in [9.17, 15) is 4.79 Å². The topological polar surface area (TPSA) is 48.0 Å². The largest absolute Gasteiger partial charge is 0.494 e. The van der Waals surface area contributed by atoms with Crippen LogP contribution in [0.25, 0.3) is 0 Å². The number of nitrogens with zero attached hydrogens (tertiary/aromatic N) is 1. The summed E-state index contributed by atoms with van der Waals surface area (Å²) < 4.78 is 16.0. The first-order valence-corrected chi connectivity index (χ1v) is 9.80. The number of carbonyl (C=O) groups excluding carboxylic acids is 1. The van der Waals surface area contributed by atoms with E-state index in [1.165, 1.54) is 0 Å². The van der Waals surface area contributed by atoms with Crippen molar-refractivity contribution in [2.75, 3.05) is 52.0 Å². The number of hydrogen-bond acceptors (Lipinski definition) is 5. The van der Waals surface area contributed by atoms with Gasteiger partial charge in [0.2, 0.25) is 0 Å². The van der Waals surface area contributed by atoms with Gasteiger partial charge in [0.25, 0.3) is 0 Å². The zero-order valence-electron chi connectivity index (χ0n) is 17.1. The molecular formula is C23H31NO4. The second-order valence-corrected chi connectivity index (χ2v) is 6.58. The molecule has 0 atom stereocenters. The van der Waals surface area contributed by atoms with Crippen LogP contribution < -0.4 is 9.64 Å². The van der Waals surface area contributed by atoms with Crippen molar-refractivity contribution in [3.05, 3.63) is 59.7 Å². The Morgan fingerprint density at radius 3 is 1.86 bits per heavy atom. The molecule has 0 aliphatic heterocycles. The molecule has 0 fully saturated rings. The molecule has 0 amide bonds. The summed E-state index contributed by atoms with van der Waals surface area (Å²) in [6.45, 7) is 5.64. The Kier molecular flexibility index (Phi) is 9.52. The highest BCUT2D eigenvalue weighted by atomic mass is 16.5. The Morgan fingerprint density at radius 2 is 1.36 bits per heavy atom. The quantitative estimate of drug-likeness (QED) is 0.382. The lowest BCUT2D eigenvalue weighted by molar-refractivity contribution is 0.103. The lowest BCUT2D eigenvalue weighted by Gasteiger charge is -2.24. The van der Waals surface area contributed by atoms with E-state index in [2.05, 4.69) is 11.8 Å². The normalized spacial score (nSPS) is 10.7. The Bertz CT molecular complexity index is 690. The second kappa shape index (κ2) is 12.2. The van der Waals surface area contributed by atoms with Crippen LogP contribution in [-0.2, 0) is 9.47 Å². The molecule has 0 N–H and O–H groups in total. The Hall–Kier alpha value is -2.37. The third-order valence-corrected chi connectivity index (χ3v) is 4.51. The molecular weight excluding hydrogens is 354 g/mol. The highest BCUT2D eigenvalue weighted by Crippen LogP contribution is 2.19. The first-order valence-electron chi connectivity index (χ1n) is 9.80. The van der Waals surface area contributed by atoms with Crippen LogP contribution in [0.5, 0.6) is 5.75 Å². The van der Waals surface area contributed by atoms with Gasteiger partial charge in [-0.25, -0.2) is 0 Å². The van der Waals surface area contributed by atoms with E-state index in [0.29, 0.717) is 30.9 Å². The summed E-state index contributed by atoms with van der Waals surface area (Å²) in [5, 5.41) is 0. The van der Waals surface area contributed by atoms with E-state index in [-0.39, 0.29) is 5.78 Å². The maximum atomic E-state index is 12.7. The van der Waals surface area contributed by atoms with Crippen molar-refractivity contribution in [2.24, 2.45) is 0 Å². The van der Waals surface area contributed by atoms with Crippen LogP contribution in [0.4, 0.5) is 5.69 Å². The molecule has 0 aromatic heterocycles. The minimum Gasteiger partial charge on any atom is -0.494 e. The smallest absolute Gasteiger partial charge is 0.193 e. The molecule has 0 heterocycles. The standard InChI is InChI=1S/C23H31NO4/c1-4-5-16-28-22-12-8-20(9-13-22)23(25)19-6-10-21(11-7-19)24(14-17-26-2)15-18-27-3/h6-13H,4-5,14-18H2,1-3H3. The fourth-order valence-corrected chi connectivity index (χ4v) is 2.80. The molecule has 0 spiro atoms. The molecule has 28 heavy (non-hydrogen) atoms. The summed E-state index contributed by atoms with van der Waals surface area (Å²) >= 11 is 0. The minimum absolute atomic E-state index is 0.00647. The van der Waals surface area contributed by atoms with Gasteiger partial charge in [-0.3, -0.25) is 4.79 Å². The van der Waals surface area contributed by atoms with Crippen LogP contribution in [-0.4, -0.2) is 52.9 Å². The number of unbranched alkanes of at least 4 members (excludes halogenated alkanes) is 1. The molecule has 0 aliphatic rings. The molecule has 152 valence electrons. The molecule has 5 heteroatoms. The number of rotatable bonds is 13. The fourth-order valence-electron chi connectivity index (χ4n) is 2.80. The van der Waals surface area contributed by atoms with Gasteiger partial charge in [-0.1, -0.05) is 13.3 Å². The zero-order chi connectivity index (χ0) is 20.2. The number of hydrogen-bond donors (Lipinski definition) is 0. The van der Waals surface area contributed by atoms with E-state index in [1.807, 2.05) is 48.5 Å². The average molecular weight is 386 g/mol. The molecule has 2 aromatic rings. The van der Waals surface area contributed by atoms with Crippen molar-refractivity contribution in [3.8, 4) is 5.75 Å². The van der Waals surface area contributed by atoms with Gasteiger partial charge in [-0.05, 0) is 55.0 Å². The molecule has 0 aliphatic carbocycles.